The second-order valence-electron chi connectivity index (χ2n) is 4.78. The third kappa shape index (κ3) is 3.05. The topological polar surface area (TPSA) is 63.1 Å². The first-order valence-electron chi connectivity index (χ1n) is 6.71. The van der Waals surface area contributed by atoms with Crippen LogP contribution in [-0.2, 0) is 24.3 Å². The number of fused-ring (bicyclic) bond motifs is 1. The van der Waals surface area contributed by atoms with Gasteiger partial charge in [0.05, 0.1) is 19.3 Å². The van der Waals surface area contributed by atoms with Gasteiger partial charge >= 0.3 is 0 Å². The number of carbonyl (C=O) groups is 1. The van der Waals surface area contributed by atoms with Gasteiger partial charge in [-0.05, 0) is 23.4 Å². The summed E-state index contributed by atoms with van der Waals surface area (Å²) in [6.45, 7) is 3.41. The Bertz CT molecular complexity index is 565. The fraction of sp³-hybridized carbons (Fsp3) is 0.462. The molecule has 1 aliphatic rings. The lowest BCUT2D eigenvalue weighted by Crippen LogP contribution is -2.41. The van der Waals surface area contributed by atoms with E-state index >= 15 is 0 Å². The number of hydrogen-bond donors (Lipinski definition) is 1. The maximum absolute atomic E-state index is 12.1. The molecule has 0 saturated carbocycles. The summed E-state index contributed by atoms with van der Waals surface area (Å²) < 4.78 is 1.75. The average molecular weight is 291 g/mol. The molecule has 1 N–H and O–H groups in total. The van der Waals surface area contributed by atoms with Crippen LogP contribution in [0, 0.1) is 0 Å². The van der Waals surface area contributed by atoms with E-state index in [1.165, 1.54) is 10.4 Å². The molecule has 2 aromatic rings. The molecular formula is C13H17N5OS. The fourth-order valence-electron chi connectivity index (χ4n) is 2.31. The van der Waals surface area contributed by atoms with E-state index in [2.05, 4.69) is 27.1 Å². The second kappa shape index (κ2) is 6.15. The first kappa shape index (κ1) is 13.3. The highest BCUT2D eigenvalue weighted by Crippen LogP contribution is 2.23. The van der Waals surface area contributed by atoms with Crippen molar-refractivity contribution in [2.24, 2.45) is 0 Å². The number of nitrogens with one attached hydrogen (secondary N) is 1. The molecule has 2 aromatic heterocycles. The molecule has 3 rings (SSSR count). The van der Waals surface area contributed by atoms with Crippen molar-refractivity contribution in [1.82, 2.24) is 25.2 Å². The van der Waals surface area contributed by atoms with Gasteiger partial charge in [-0.15, -0.1) is 16.4 Å². The number of amides is 1. The highest BCUT2D eigenvalue weighted by Gasteiger charge is 2.20. The summed E-state index contributed by atoms with van der Waals surface area (Å²) in [5.41, 5.74) is 1.30. The molecule has 106 valence electrons. The summed E-state index contributed by atoms with van der Waals surface area (Å²) in [5, 5.41) is 12.9. The van der Waals surface area contributed by atoms with E-state index in [0.29, 0.717) is 13.1 Å². The number of thiophene rings is 1. The summed E-state index contributed by atoms with van der Waals surface area (Å²) in [5.74, 6) is 0.167. The van der Waals surface area contributed by atoms with Crippen molar-refractivity contribution < 1.29 is 4.79 Å². The first-order chi connectivity index (χ1) is 9.83. The van der Waals surface area contributed by atoms with Crippen molar-refractivity contribution in [3.05, 3.63) is 34.3 Å². The molecular weight excluding hydrogens is 274 g/mol. The van der Waals surface area contributed by atoms with Crippen LogP contribution in [0.3, 0.4) is 0 Å². The summed E-state index contributed by atoms with van der Waals surface area (Å²) in [4.78, 5) is 15.5. The normalized spacial score (nSPS) is 14.3. The van der Waals surface area contributed by atoms with E-state index in [0.717, 1.165) is 26.1 Å². The molecule has 0 aromatic carbocycles. The zero-order valence-electron chi connectivity index (χ0n) is 11.2. The van der Waals surface area contributed by atoms with Gasteiger partial charge in [-0.1, -0.05) is 5.21 Å². The van der Waals surface area contributed by atoms with E-state index in [1.807, 2.05) is 11.1 Å². The lowest BCUT2D eigenvalue weighted by Gasteiger charge is -2.27. The molecule has 0 bridgehead atoms. The number of nitrogens with zero attached hydrogens (tertiary/aromatic N) is 4. The van der Waals surface area contributed by atoms with Crippen LogP contribution in [0.15, 0.2) is 23.8 Å². The number of hydrogen-bond acceptors (Lipinski definition) is 5. The van der Waals surface area contributed by atoms with E-state index in [-0.39, 0.29) is 5.91 Å². The molecule has 0 fully saturated rings. The molecule has 0 aliphatic carbocycles. The van der Waals surface area contributed by atoms with E-state index < -0.39 is 0 Å². The van der Waals surface area contributed by atoms with Gasteiger partial charge in [0.25, 0.3) is 0 Å². The van der Waals surface area contributed by atoms with Crippen molar-refractivity contribution in [2.45, 2.75) is 19.5 Å². The zero-order chi connectivity index (χ0) is 13.8. The summed E-state index contributed by atoms with van der Waals surface area (Å²) in [6, 6.07) is 2.12. The Labute approximate surface area is 121 Å². The third-order valence-electron chi connectivity index (χ3n) is 3.43. The maximum atomic E-state index is 12.1. The van der Waals surface area contributed by atoms with Gasteiger partial charge in [0.15, 0.2) is 0 Å². The molecule has 1 aliphatic heterocycles. The van der Waals surface area contributed by atoms with Crippen LogP contribution in [0.1, 0.15) is 10.4 Å². The van der Waals surface area contributed by atoms with Crippen LogP contribution < -0.4 is 5.32 Å². The maximum Gasteiger partial charge on any atom is 0.236 e. The van der Waals surface area contributed by atoms with Crippen molar-refractivity contribution in [1.29, 1.82) is 0 Å². The van der Waals surface area contributed by atoms with Gasteiger partial charge in [0.1, 0.15) is 0 Å². The van der Waals surface area contributed by atoms with Gasteiger partial charge in [-0.2, -0.15) is 0 Å². The molecule has 0 spiro atoms. The Balaban J connectivity index is 1.41. The predicted octanol–water partition coefficient (Wildman–Crippen LogP) is 0.514. The van der Waals surface area contributed by atoms with Crippen molar-refractivity contribution >= 4 is 17.2 Å². The van der Waals surface area contributed by atoms with Crippen LogP contribution >= 0.6 is 11.3 Å². The van der Waals surface area contributed by atoms with E-state index in [9.17, 15) is 4.79 Å². The number of carbonyl (C=O) groups excluding carboxylic acids is 1. The second-order valence-corrected chi connectivity index (χ2v) is 5.78. The average Bonchev–Trinajstić information content (AvgIpc) is 3.13. The molecule has 7 heteroatoms. The minimum absolute atomic E-state index is 0.167. The predicted molar refractivity (Wildman–Crippen MR) is 76.3 cm³/mol. The standard InChI is InChI=1S/C13H17N5OS/c19-13(9-14-3-6-18-7-4-15-16-18)17-5-1-12-11(10-17)2-8-20-12/h2,4,7-8,14H,1,3,5-6,9-10H2. The summed E-state index contributed by atoms with van der Waals surface area (Å²) in [6.07, 6.45) is 4.45. The quantitative estimate of drug-likeness (QED) is 0.816. The largest absolute Gasteiger partial charge is 0.337 e. The first-order valence-corrected chi connectivity index (χ1v) is 7.59. The van der Waals surface area contributed by atoms with Crippen LogP contribution in [-0.4, -0.2) is 45.4 Å². The Morgan fingerprint density at radius 1 is 1.50 bits per heavy atom. The number of aromatic nitrogens is 3. The molecule has 0 radical (unpaired) electrons. The van der Waals surface area contributed by atoms with Gasteiger partial charge in [0, 0.05) is 30.7 Å². The zero-order valence-corrected chi connectivity index (χ0v) is 12.0. The molecule has 0 saturated heterocycles. The fourth-order valence-corrected chi connectivity index (χ4v) is 3.20. The van der Waals surface area contributed by atoms with Crippen LogP contribution in [0.2, 0.25) is 0 Å². The Kier molecular flexibility index (Phi) is 4.08. The Hall–Kier alpha value is -1.73. The lowest BCUT2D eigenvalue weighted by molar-refractivity contribution is -0.131. The third-order valence-corrected chi connectivity index (χ3v) is 4.45. The minimum atomic E-state index is 0.167. The van der Waals surface area contributed by atoms with Crippen LogP contribution in [0.4, 0.5) is 0 Å². The smallest absolute Gasteiger partial charge is 0.236 e. The van der Waals surface area contributed by atoms with Crippen LogP contribution in [0.5, 0.6) is 0 Å². The van der Waals surface area contributed by atoms with E-state index in [1.54, 1.807) is 22.2 Å². The van der Waals surface area contributed by atoms with Crippen molar-refractivity contribution in [3.63, 3.8) is 0 Å². The Morgan fingerprint density at radius 2 is 2.45 bits per heavy atom. The lowest BCUT2D eigenvalue weighted by atomic mass is 10.1. The van der Waals surface area contributed by atoms with Crippen molar-refractivity contribution in [3.8, 4) is 0 Å². The van der Waals surface area contributed by atoms with Crippen molar-refractivity contribution in [2.75, 3.05) is 19.6 Å². The SMILES string of the molecule is O=C(CNCCn1ccnn1)N1CCc2sccc2C1. The summed E-state index contributed by atoms with van der Waals surface area (Å²) in [7, 11) is 0. The van der Waals surface area contributed by atoms with Gasteiger partial charge in [0.2, 0.25) is 5.91 Å². The van der Waals surface area contributed by atoms with Crippen LogP contribution in [0.25, 0.3) is 0 Å². The number of rotatable bonds is 5. The van der Waals surface area contributed by atoms with Gasteiger partial charge < -0.3 is 10.2 Å². The molecule has 0 unspecified atom stereocenters. The van der Waals surface area contributed by atoms with E-state index in [4.69, 9.17) is 0 Å². The molecule has 3 heterocycles. The highest BCUT2D eigenvalue weighted by atomic mass is 32.1. The minimum Gasteiger partial charge on any atom is -0.337 e. The molecule has 6 nitrogen and oxygen atoms in total. The molecule has 20 heavy (non-hydrogen) atoms. The monoisotopic (exact) mass is 291 g/mol. The molecule has 1 amide bonds. The summed E-state index contributed by atoms with van der Waals surface area (Å²) >= 11 is 1.79. The van der Waals surface area contributed by atoms with Gasteiger partial charge in [-0.3, -0.25) is 9.48 Å². The molecule has 0 atom stereocenters. The van der Waals surface area contributed by atoms with Gasteiger partial charge in [-0.25, -0.2) is 0 Å². The highest BCUT2D eigenvalue weighted by molar-refractivity contribution is 7.10. The Morgan fingerprint density at radius 3 is 3.30 bits per heavy atom.